The molecule has 2 aromatic carbocycles. The summed E-state index contributed by atoms with van der Waals surface area (Å²) in [6.07, 6.45) is 0. The Balaban J connectivity index is 2.25. The molecule has 0 unspecified atom stereocenters. The minimum atomic E-state index is -3.81. The van der Waals surface area contributed by atoms with Crippen molar-refractivity contribution in [2.75, 3.05) is 20.8 Å². The second-order valence-corrected chi connectivity index (χ2v) is 7.97. The SMILES string of the molecule is COc1ccc(OC)c(S(=O)(=O)NCC(C)(C)c2ccc(F)cc2)c1. The van der Waals surface area contributed by atoms with Gasteiger partial charge >= 0.3 is 0 Å². The highest BCUT2D eigenvalue weighted by atomic mass is 32.2. The monoisotopic (exact) mass is 367 g/mol. The predicted molar refractivity (Wildman–Crippen MR) is 94.2 cm³/mol. The van der Waals surface area contributed by atoms with E-state index < -0.39 is 15.4 Å². The molecule has 0 aliphatic carbocycles. The van der Waals surface area contributed by atoms with Gasteiger partial charge in [-0.15, -0.1) is 0 Å². The van der Waals surface area contributed by atoms with Crippen LogP contribution in [-0.4, -0.2) is 29.2 Å². The molecule has 1 N–H and O–H groups in total. The number of nitrogens with one attached hydrogen (secondary N) is 1. The number of methoxy groups -OCH3 is 2. The number of halogens is 1. The highest BCUT2D eigenvalue weighted by molar-refractivity contribution is 7.89. The van der Waals surface area contributed by atoms with Crippen molar-refractivity contribution in [2.45, 2.75) is 24.2 Å². The van der Waals surface area contributed by atoms with Crippen LogP contribution in [0.4, 0.5) is 4.39 Å². The fourth-order valence-corrected chi connectivity index (χ4v) is 3.74. The van der Waals surface area contributed by atoms with Gasteiger partial charge in [-0.3, -0.25) is 0 Å². The van der Waals surface area contributed by atoms with Gasteiger partial charge in [-0.2, -0.15) is 0 Å². The largest absolute Gasteiger partial charge is 0.497 e. The molecule has 0 aliphatic rings. The Bertz CT molecular complexity index is 833. The van der Waals surface area contributed by atoms with Crippen molar-refractivity contribution in [3.63, 3.8) is 0 Å². The first-order valence-corrected chi connectivity index (χ1v) is 9.15. The standard InChI is InChI=1S/C18H22FNO4S/c1-18(2,13-5-7-14(19)8-6-13)12-20-25(21,22)17-11-15(23-3)9-10-16(17)24-4/h5-11,20H,12H2,1-4H3. The van der Waals surface area contributed by atoms with Crippen molar-refractivity contribution in [1.82, 2.24) is 4.72 Å². The lowest BCUT2D eigenvalue weighted by Crippen LogP contribution is -2.36. The molecule has 0 atom stereocenters. The number of ether oxygens (including phenoxy) is 2. The average molecular weight is 367 g/mol. The predicted octanol–water partition coefficient (Wildman–Crippen LogP) is 3.10. The summed E-state index contributed by atoms with van der Waals surface area (Å²) < 4.78 is 51.3. The van der Waals surface area contributed by atoms with E-state index in [1.165, 1.54) is 32.4 Å². The third kappa shape index (κ3) is 4.49. The molecule has 0 saturated carbocycles. The van der Waals surface area contributed by atoms with Gasteiger partial charge in [0.05, 0.1) is 14.2 Å². The maximum absolute atomic E-state index is 13.1. The zero-order valence-electron chi connectivity index (χ0n) is 14.7. The molecular formula is C18H22FNO4S. The van der Waals surface area contributed by atoms with Crippen LogP contribution in [0.5, 0.6) is 11.5 Å². The Morgan fingerprint density at radius 2 is 1.68 bits per heavy atom. The molecule has 0 heterocycles. The molecule has 0 amide bonds. The zero-order valence-corrected chi connectivity index (χ0v) is 15.5. The van der Waals surface area contributed by atoms with Crippen LogP contribution in [0.3, 0.4) is 0 Å². The second-order valence-electron chi connectivity index (χ2n) is 6.23. The lowest BCUT2D eigenvalue weighted by molar-refractivity contribution is 0.391. The lowest BCUT2D eigenvalue weighted by Gasteiger charge is -2.26. The van der Waals surface area contributed by atoms with Crippen molar-refractivity contribution in [3.8, 4) is 11.5 Å². The summed E-state index contributed by atoms with van der Waals surface area (Å²) in [4.78, 5) is 0.00394. The maximum atomic E-state index is 13.1. The number of rotatable bonds is 7. The summed E-state index contributed by atoms with van der Waals surface area (Å²) in [5.41, 5.74) is 0.307. The van der Waals surface area contributed by atoms with Crippen molar-refractivity contribution in [2.24, 2.45) is 0 Å². The molecular weight excluding hydrogens is 345 g/mol. The topological polar surface area (TPSA) is 64.6 Å². The highest BCUT2D eigenvalue weighted by Gasteiger charge is 2.26. The third-order valence-electron chi connectivity index (χ3n) is 3.99. The first-order chi connectivity index (χ1) is 11.7. The van der Waals surface area contributed by atoms with E-state index in [-0.39, 0.29) is 23.0 Å². The lowest BCUT2D eigenvalue weighted by atomic mass is 9.85. The first-order valence-electron chi connectivity index (χ1n) is 7.67. The van der Waals surface area contributed by atoms with Gasteiger partial charge in [0.15, 0.2) is 0 Å². The van der Waals surface area contributed by atoms with Crippen LogP contribution in [0.2, 0.25) is 0 Å². The van der Waals surface area contributed by atoms with Gasteiger partial charge in [-0.05, 0) is 29.8 Å². The van der Waals surface area contributed by atoms with Crippen LogP contribution in [0.1, 0.15) is 19.4 Å². The van der Waals surface area contributed by atoms with Gasteiger partial charge in [0.2, 0.25) is 10.0 Å². The van der Waals surface area contributed by atoms with Gasteiger partial charge in [0.25, 0.3) is 0 Å². The minimum Gasteiger partial charge on any atom is -0.497 e. The smallest absolute Gasteiger partial charge is 0.244 e. The van der Waals surface area contributed by atoms with E-state index in [0.29, 0.717) is 5.75 Å². The summed E-state index contributed by atoms with van der Waals surface area (Å²) in [6, 6.07) is 10.6. The Morgan fingerprint density at radius 3 is 2.24 bits per heavy atom. The van der Waals surface area contributed by atoms with Crippen molar-refractivity contribution >= 4 is 10.0 Å². The second kappa shape index (κ2) is 7.41. The maximum Gasteiger partial charge on any atom is 0.244 e. The molecule has 0 radical (unpaired) electrons. The molecule has 0 aliphatic heterocycles. The van der Waals surface area contributed by atoms with E-state index in [1.807, 2.05) is 13.8 Å². The van der Waals surface area contributed by atoms with Gasteiger partial charge < -0.3 is 9.47 Å². The molecule has 2 rings (SSSR count). The van der Waals surface area contributed by atoms with Gasteiger partial charge in [-0.1, -0.05) is 26.0 Å². The minimum absolute atomic E-state index is 0.00394. The molecule has 0 saturated heterocycles. The molecule has 0 spiro atoms. The molecule has 25 heavy (non-hydrogen) atoms. The fraction of sp³-hybridized carbons (Fsp3) is 0.333. The summed E-state index contributed by atoms with van der Waals surface area (Å²) in [7, 11) is -0.946. The Morgan fingerprint density at radius 1 is 1.04 bits per heavy atom. The Kier molecular flexibility index (Phi) is 5.69. The average Bonchev–Trinajstić information content (AvgIpc) is 2.60. The van der Waals surface area contributed by atoms with Gasteiger partial charge in [0.1, 0.15) is 22.2 Å². The molecule has 136 valence electrons. The molecule has 2 aromatic rings. The number of sulfonamides is 1. The van der Waals surface area contributed by atoms with Gasteiger partial charge in [-0.25, -0.2) is 17.5 Å². The van der Waals surface area contributed by atoms with E-state index in [1.54, 1.807) is 24.3 Å². The first kappa shape index (κ1) is 19.2. The van der Waals surface area contributed by atoms with Crippen LogP contribution >= 0.6 is 0 Å². The van der Waals surface area contributed by atoms with E-state index in [2.05, 4.69) is 4.72 Å². The summed E-state index contributed by atoms with van der Waals surface area (Å²) in [5.74, 6) is 0.313. The Hall–Kier alpha value is -2.12. The summed E-state index contributed by atoms with van der Waals surface area (Å²) in [6.45, 7) is 3.90. The van der Waals surface area contributed by atoms with E-state index >= 15 is 0 Å². The quantitative estimate of drug-likeness (QED) is 0.817. The molecule has 7 heteroatoms. The van der Waals surface area contributed by atoms with Crippen molar-refractivity contribution in [1.29, 1.82) is 0 Å². The van der Waals surface area contributed by atoms with Crippen LogP contribution in [0.15, 0.2) is 47.4 Å². The van der Waals surface area contributed by atoms with Crippen molar-refractivity contribution in [3.05, 3.63) is 53.8 Å². The van der Waals surface area contributed by atoms with E-state index in [4.69, 9.17) is 9.47 Å². The number of benzene rings is 2. The molecule has 0 bridgehead atoms. The number of hydrogen-bond donors (Lipinski definition) is 1. The summed E-state index contributed by atoms with van der Waals surface area (Å²) in [5, 5.41) is 0. The summed E-state index contributed by atoms with van der Waals surface area (Å²) >= 11 is 0. The zero-order chi connectivity index (χ0) is 18.7. The van der Waals surface area contributed by atoms with Crippen LogP contribution in [-0.2, 0) is 15.4 Å². The molecule has 5 nitrogen and oxygen atoms in total. The van der Waals surface area contributed by atoms with E-state index in [0.717, 1.165) is 5.56 Å². The third-order valence-corrected chi connectivity index (χ3v) is 5.41. The normalized spacial score (nSPS) is 12.0. The van der Waals surface area contributed by atoms with Crippen LogP contribution < -0.4 is 14.2 Å². The Labute approximate surface area is 147 Å². The molecule has 0 fully saturated rings. The van der Waals surface area contributed by atoms with E-state index in [9.17, 15) is 12.8 Å². The molecule has 0 aromatic heterocycles. The van der Waals surface area contributed by atoms with Gasteiger partial charge in [0, 0.05) is 18.0 Å². The van der Waals surface area contributed by atoms with Crippen molar-refractivity contribution < 1.29 is 22.3 Å². The van der Waals surface area contributed by atoms with Crippen LogP contribution in [0, 0.1) is 5.82 Å². The number of hydrogen-bond acceptors (Lipinski definition) is 4. The fourth-order valence-electron chi connectivity index (χ4n) is 2.35. The highest BCUT2D eigenvalue weighted by Crippen LogP contribution is 2.29. The van der Waals surface area contributed by atoms with Crippen LogP contribution in [0.25, 0.3) is 0 Å².